The lowest BCUT2D eigenvalue weighted by Crippen LogP contribution is -2.47. The molecule has 0 spiro atoms. The zero-order chi connectivity index (χ0) is 17.1. The number of hydrogen-bond acceptors (Lipinski definition) is 2. The Morgan fingerprint density at radius 2 is 1.88 bits per heavy atom. The van der Waals surface area contributed by atoms with Gasteiger partial charge in [0.05, 0.1) is 6.10 Å². The Hall–Kier alpha value is -1.76. The smallest absolute Gasteiger partial charge is 0.315 e. The Morgan fingerprint density at radius 1 is 1.17 bits per heavy atom. The van der Waals surface area contributed by atoms with Crippen LogP contribution in [0.4, 0.5) is 18.0 Å². The summed E-state index contributed by atoms with van der Waals surface area (Å²) in [6, 6.07) is 1.66. The lowest BCUT2D eigenvalue weighted by molar-refractivity contribution is -0.00913. The van der Waals surface area contributed by atoms with Crippen LogP contribution in [0.25, 0.3) is 0 Å². The van der Waals surface area contributed by atoms with Crippen molar-refractivity contribution in [2.75, 3.05) is 13.2 Å². The van der Waals surface area contributed by atoms with Gasteiger partial charge in [-0.05, 0) is 55.7 Å². The van der Waals surface area contributed by atoms with E-state index in [0.717, 1.165) is 25.0 Å². The van der Waals surface area contributed by atoms with E-state index in [0.29, 0.717) is 18.1 Å². The van der Waals surface area contributed by atoms with Gasteiger partial charge in [0.2, 0.25) is 0 Å². The van der Waals surface area contributed by atoms with Gasteiger partial charge in [0.25, 0.3) is 0 Å². The maximum absolute atomic E-state index is 13.1. The van der Waals surface area contributed by atoms with Crippen LogP contribution < -0.4 is 10.6 Å². The summed E-state index contributed by atoms with van der Waals surface area (Å²) in [6.45, 7) is 0.867. The Kier molecular flexibility index (Phi) is 5.28. The summed E-state index contributed by atoms with van der Waals surface area (Å²) in [5, 5.41) is 5.57. The molecule has 1 aromatic rings. The van der Waals surface area contributed by atoms with Crippen molar-refractivity contribution >= 4 is 6.03 Å². The maximum atomic E-state index is 13.1. The Balaban J connectivity index is 1.41. The van der Waals surface area contributed by atoms with Crippen molar-refractivity contribution in [2.24, 2.45) is 5.92 Å². The number of nitrogens with one attached hydrogen (secondary N) is 2. The van der Waals surface area contributed by atoms with Crippen LogP contribution in [0, 0.1) is 23.4 Å². The summed E-state index contributed by atoms with van der Waals surface area (Å²) in [7, 11) is 0. The van der Waals surface area contributed by atoms with Crippen LogP contribution in [0.2, 0.25) is 0 Å². The molecule has 0 unspecified atom stereocenters. The number of hydrogen-bond donors (Lipinski definition) is 2. The third-order valence-corrected chi connectivity index (χ3v) is 4.54. The van der Waals surface area contributed by atoms with Crippen LogP contribution in [0.1, 0.15) is 31.2 Å². The van der Waals surface area contributed by atoms with E-state index >= 15 is 0 Å². The highest BCUT2D eigenvalue weighted by Gasteiger charge is 2.36. The van der Waals surface area contributed by atoms with E-state index in [9.17, 15) is 18.0 Å². The normalized spacial score (nSPS) is 23.8. The van der Waals surface area contributed by atoms with E-state index < -0.39 is 17.5 Å². The first-order valence-electron chi connectivity index (χ1n) is 8.32. The molecule has 1 saturated carbocycles. The number of carbonyl (C=O) groups excluding carboxylic acids is 1. The van der Waals surface area contributed by atoms with Crippen molar-refractivity contribution in [1.82, 2.24) is 10.6 Å². The van der Waals surface area contributed by atoms with Gasteiger partial charge in [-0.15, -0.1) is 0 Å². The monoisotopic (exact) mass is 342 g/mol. The van der Waals surface area contributed by atoms with Crippen molar-refractivity contribution in [3.8, 4) is 0 Å². The number of urea groups is 1. The summed E-state index contributed by atoms with van der Waals surface area (Å²) in [6.07, 6.45) is 4.48. The molecule has 3 rings (SSSR count). The standard InChI is InChI=1S/C17H21F3N2O2/c18-13-7-10(8-14(19)16(13)20)3-5-21-17(23)22-12-4-6-24-15(9-12)11-1-2-11/h7-8,11-12,15H,1-6,9H2,(H2,21,22,23)/t12-,15+/m1/s1. The molecule has 1 aromatic carbocycles. The number of rotatable bonds is 5. The number of carbonyl (C=O) groups is 1. The largest absolute Gasteiger partial charge is 0.378 e. The molecule has 1 heterocycles. The molecule has 24 heavy (non-hydrogen) atoms. The average Bonchev–Trinajstić information content (AvgIpc) is 3.37. The molecule has 1 aliphatic heterocycles. The van der Waals surface area contributed by atoms with Crippen LogP contribution in [0.5, 0.6) is 0 Å². The molecule has 132 valence electrons. The predicted molar refractivity (Wildman–Crippen MR) is 82.0 cm³/mol. The van der Waals surface area contributed by atoms with Crippen molar-refractivity contribution in [3.05, 3.63) is 35.1 Å². The molecule has 2 amide bonds. The number of benzene rings is 1. The fourth-order valence-electron chi connectivity index (χ4n) is 3.06. The lowest BCUT2D eigenvalue weighted by atomic mass is 10.0. The average molecular weight is 342 g/mol. The molecule has 2 fully saturated rings. The Labute approximate surface area is 138 Å². The zero-order valence-corrected chi connectivity index (χ0v) is 13.3. The molecule has 2 N–H and O–H groups in total. The van der Waals surface area contributed by atoms with Crippen LogP contribution in [-0.4, -0.2) is 31.3 Å². The van der Waals surface area contributed by atoms with Crippen LogP contribution in [0.15, 0.2) is 12.1 Å². The first-order valence-corrected chi connectivity index (χ1v) is 8.32. The molecule has 7 heteroatoms. The van der Waals surface area contributed by atoms with Crippen molar-refractivity contribution in [1.29, 1.82) is 0 Å². The molecule has 4 nitrogen and oxygen atoms in total. The molecule has 0 bridgehead atoms. The van der Waals surface area contributed by atoms with Gasteiger partial charge in [0.15, 0.2) is 17.5 Å². The van der Waals surface area contributed by atoms with Crippen molar-refractivity contribution in [3.63, 3.8) is 0 Å². The second-order valence-corrected chi connectivity index (χ2v) is 6.49. The number of ether oxygens (including phenoxy) is 1. The summed E-state index contributed by atoms with van der Waals surface area (Å²) < 4.78 is 44.8. The molecular formula is C17H21F3N2O2. The highest BCUT2D eigenvalue weighted by atomic mass is 19.2. The first kappa shape index (κ1) is 17.1. The summed E-state index contributed by atoms with van der Waals surface area (Å²) in [4.78, 5) is 11.9. The first-order chi connectivity index (χ1) is 11.5. The van der Waals surface area contributed by atoms with Gasteiger partial charge in [0, 0.05) is 19.2 Å². The molecule has 2 atom stereocenters. The van der Waals surface area contributed by atoms with E-state index in [1.165, 1.54) is 12.8 Å². The van der Waals surface area contributed by atoms with E-state index in [1.807, 2.05) is 0 Å². The van der Waals surface area contributed by atoms with Gasteiger partial charge >= 0.3 is 6.03 Å². The zero-order valence-electron chi connectivity index (χ0n) is 13.3. The van der Waals surface area contributed by atoms with Crippen molar-refractivity contribution in [2.45, 2.75) is 44.2 Å². The second-order valence-electron chi connectivity index (χ2n) is 6.49. The minimum atomic E-state index is -1.48. The van der Waals surface area contributed by atoms with Gasteiger partial charge in [-0.3, -0.25) is 0 Å². The highest BCUT2D eigenvalue weighted by Crippen LogP contribution is 2.38. The van der Waals surface area contributed by atoms with E-state index in [-0.39, 0.29) is 31.1 Å². The van der Waals surface area contributed by atoms with Gasteiger partial charge in [-0.1, -0.05) is 0 Å². The fourth-order valence-corrected chi connectivity index (χ4v) is 3.06. The van der Waals surface area contributed by atoms with Crippen LogP contribution >= 0.6 is 0 Å². The molecule has 1 aliphatic carbocycles. The number of amides is 2. The van der Waals surface area contributed by atoms with Gasteiger partial charge in [0.1, 0.15) is 0 Å². The van der Waals surface area contributed by atoms with Crippen LogP contribution in [0.3, 0.4) is 0 Å². The summed E-state index contributed by atoms with van der Waals surface area (Å²) >= 11 is 0. The van der Waals surface area contributed by atoms with Gasteiger partial charge < -0.3 is 15.4 Å². The molecule has 1 saturated heterocycles. The molecule has 0 radical (unpaired) electrons. The quantitative estimate of drug-likeness (QED) is 0.809. The highest BCUT2D eigenvalue weighted by molar-refractivity contribution is 5.74. The summed E-state index contributed by atoms with van der Waals surface area (Å²) in [5.41, 5.74) is 0.298. The molecular weight excluding hydrogens is 321 g/mol. The van der Waals surface area contributed by atoms with Crippen LogP contribution in [-0.2, 0) is 11.2 Å². The van der Waals surface area contributed by atoms with E-state index in [4.69, 9.17) is 4.74 Å². The fraction of sp³-hybridized carbons (Fsp3) is 0.588. The maximum Gasteiger partial charge on any atom is 0.315 e. The molecule has 2 aliphatic rings. The van der Waals surface area contributed by atoms with Gasteiger partial charge in [-0.2, -0.15) is 0 Å². The number of halogens is 3. The van der Waals surface area contributed by atoms with E-state index in [2.05, 4.69) is 10.6 Å². The Morgan fingerprint density at radius 3 is 2.54 bits per heavy atom. The molecule has 0 aromatic heterocycles. The third-order valence-electron chi connectivity index (χ3n) is 4.54. The Bertz CT molecular complexity index is 584. The SMILES string of the molecule is O=C(NCCc1cc(F)c(F)c(F)c1)N[C@@H]1CCO[C@H](C2CC2)C1. The summed E-state index contributed by atoms with van der Waals surface area (Å²) in [5.74, 6) is -3.28. The second kappa shape index (κ2) is 7.42. The topological polar surface area (TPSA) is 50.4 Å². The minimum absolute atomic E-state index is 0.0880. The minimum Gasteiger partial charge on any atom is -0.378 e. The van der Waals surface area contributed by atoms with Gasteiger partial charge in [-0.25, -0.2) is 18.0 Å². The predicted octanol–water partition coefficient (Wildman–Crippen LogP) is 2.90. The van der Waals surface area contributed by atoms with Crippen molar-refractivity contribution < 1.29 is 22.7 Å². The lowest BCUT2D eigenvalue weighted by Gasteiger charge is -2.30. The van der Waals surface area contributed by atoms with E-state index in [1.54, 1.807) is 0 Å². The third kappa shape index (κ3) is 4.41.